The highest BCUT2D eigenvalue weighted by Gasteiger charge is 2.19. The number of para-hydroxylation sites is 1. The summed E-state index contributed by atoms with van der Waals surface area (Å²) in [7, 11) is 0. The lowest BCUT2D eigenvalue weighted by atomic mass is 10.1. The van der Waals surface area contributed by atoms with Gasteiger partial charge in [-0.15, -0.1) is 0 Å². The molecule has 2 aromatic rings. The molecule has 102 valence electrons. The van der Waals surface area contributed by atoms with E-state index in [1.807, 2.05) is 43.0 Å². The number of carbonyl (C=O) groups is 1. The molecule has 0 aliphatic heterocycles. The fourth-order valence-corrected chi connectivity index (χ4v) is 2.45. The van der Waals surface area contributed by atoms with Crippen LogP contribution in [0.1, 0.15) is 19.5 Å². The normalized spacial score (nSPS) is 11.2. The highest BCUT2D eigenvalue weighted by molar-refractivity contribution is 9.09. The minimum absolute atomic E-state index is 0.0773. The van der Waals surface area contributed by atoms with Crippen molar-refractivity contribution in [2.24, 2.45) is 0 Å². The van der Waals surface area contributed by atoms with Crippen molar-refractivity contribution in [3.05, 3.63) is 30.0 Å². The van der Waals surface area contributed by atoms with Crippen molar-refractivity contribution in [1.82, 2.24) is 10.1 Å². The number of carbonyl (C=O) groups excluding carboxylic acids is 1. The van der Waals surface area contributed by atoms with Crippen molar-refractivity contribution >= 4 is 32.8 Å². The summed E-state index contributed by atoms with van der Waals surface area (Å²) in [6.07, 6.45) is 0.280. The highest BCUT2D eigenvalue weighted by atomic mass is 79.9. The molecule has 1 heterocycles. The van der Waals surface area contributed by atoms with Crippen LogP contribution in [0.4, 0.5) is 0 Å². The number of alkyl halides is 1. The maximum atomic E-state index is 12.3. The SMILES string of the molecule is CC(C)N(CCBr)C(=O)Cc1noc2ccccc12. The van der Waals surface area contributed by atoms with Crippen LogP contribution < -0.4 is 0 Å². The smallest absolute Gasteiger partial charge is 0.229 e. The van der Waals surface area contributed by atoms with Crippen molar-refractivity contribution in [1.29, 1.82) is 0 Å². The van der Waals surface area contributed by atoms with Gasteiger partial charge < -0.3 is 9.42 Å². The largest absolute Gasteiger partial charge is 0.356 e. The van der Waals surface area contributed by atoms with Crippen LogP contribution in [0, 0.1) is 0 Å². The van der Waals surface area contributed by atoms with Crippen molar-refractivity contribution in [3.8, 4) is 0 Å². The zero-order valence-electron chi connectivity index (χ0n) is 11.1. The predicted octanol–water partition coefficient (Wildman–Crippen LogP) is 3.00. The van der Waals surface area contributed by atoms with Crippen LogP contribution in [0.5, 0.6) is 0 Å². The van der Waals surface area contributed by atoms with E-state index in [0.717, 1.165) is 16.3 Å². The van der Waals surface area contributed by atoms with Crippen LogP contribution in [0.3, 0.4) is 0 Å². The quantitative estimate of drug-likeness (QED) is 0.794. The number of fused-ring (bicyclic) bond motifs is 1. The molecule has 0 bridgehead atoms. The summed E-state index contributed by atoms with van der Waals surface area (Å²) in [5.41, 5.74) is 1.43. The van der Waals surface area contributed by atoms with Gasteiger partial charge in [-0.3, -0.25) is 4.79 Å². The number of halogens is 1. The van der Waals surface area contributed by atoms with Crippen LogP contribution in [0.2, 0.25) is 0 Å². The Labute approximate surface area is 120 Å². The maximum Gasteiger partial charge on any atom is 0.229 e. The molecule has 5 heteroatoms. The number of hydrogen-bond donors (Lipinski definition) is 0. The molecule has 0 fully saturated rings. The van der Waals surface area contributed by atoms with Gasteiger partial charge in [0.1, 0.15) is 5.69 Å². The minimum atomic E-state index is 0.0773. The summed E-state index contributed by atoms with van der Waals surface area (Å²) in [6.45, 7) is 4.73. The second-order valence-corrected chi connectivity index (χ2v) is 5.47. The molecule has 1 aromatic carbocycles. The molecular weight excluding hydrogens is 308 g/mol. The number of benzene rings is 1. The minimum Gasteiger partial charge on any atom is -0.356 e. The fourth-order valence-electron chi connectivity index (χ4n) is 2.07. The number of nitrogens with zero attached hydrogens (tertiary/aromatic N) is 2. The molecule has 0 spiro atoms. The van der Waals surface area contributed by atoms with Gasteiger partial charge in [0, 0.05) is 23.3 Å². The van der Waals surface area contributed by atoms with E-state index in [2.05, 4.69) is 21.1 Å². The summed E-state index contributed by atoms with van der Waals surface area (Å²) in [6, 6.07) is 7.78. The molecule has 0 radical (unpaired) electrons. The molecule has 0 aliphatic carbocycles. The third-order valence-corrected chi connectivity index (χ3v) is 3.39. The van der Waals surface area contributed by atoms with Crippen molar-refractivity contribution in [3.63, 3.8) is 0 Å². The molecule has 0 saturated carbocycles. The monoisotopic (exact) mass is 324 g/mol. The summed E-state index contributed by atoms with van der Waals surface area (Å²) >= 11 is 3.38. The Kier molecular flexibility index (Phi) is 4.58. The van der Waals surface area contributed by atoms with E-state index >= 15 is 0 Å². The number of amides is 1. The molecule has 2 rings (SSSR count). The molecule has 0 saturated heterocycles. The van der Waals surface area contributed by atoms with Gasteiger partial charge in [-0.25, -0.2) is 0 Å². The third kappa shape index (κ3) is 3.15. The highest BCUT2D eigenvalue weighted by Crippen LogP contribution is 2.19. The molecule has 4 nitrogen and oxygen atoms in total. The molecule has 1 amide bonds. The van der Waals surface area contributed by atoms with Gasteiger partial charge in [0.25, 0.3) is 0 Å². The first-order valence-electron chi connectivity index (χ1n) is 6.32. The zero-order valence-corrected chi connectivity index (χ0v) is 12.7. The average molecular weight is 325 g/mol. The third-order valence-electron chi connectivity index (χ3n) is 3.04. The molecule has 19 heavy (non-hydrogen) atoms. The molecule has 0 N–H and O–H groups in total. The maximum absolute atomic E-state index is 12.3. The first-order valence-corrected chi connectivity index (χ1v) is 7.44. The van der Waals surface area contributed by atoms with Crippen LogP contribution in [-0.4, -0.2) is 33.9 Å². The van der Waals surface area contributed by atoms with E-state index in [1.165, 1.54) is 0 Å². The molecule has 0 unspecified atom stereocenters. The van der Waals surface area contributed by atoms with Gasteiger partial charge in [-0.05, 0) is 26.0 Å². The average Bonchev–Trinajstić information content (AvgIpc) is 2.79. The van der Waals surface area contributed by atoms with E-state index in [9.17, 15) is 4.79 Å². The van der Waals surface area contributed by atoms with Crippen LogP contribution in [0.15, 0.2) is 28.8 Å². The van der Waals surface area contributed by atoms with Gasteiger partial charge in [-0.1, -0.05) is 33.2 Å². The van der Waals surface area contributed by atoms with Crippen molar-refractivity contribution < 1.29 is 9.32 Å². The van der Waals surface area contributed by atoms with E-state index in [4.69, 9.17) is 4.52 Å². The Morgan fingerprint density at radius 2 is 2.16 bits per heavy atom. The van der Waals surface area contributed by atoms with Crippen molar-refractivity contribution in [2.45, 2.75) is 26.3 Å². The van der Waals surface area contributed by atoms with Gasteiger partial charge in [0.15, 0.2) is 5.58 Å². The number of aromatic nitrogens is 1. The Bertz CT molecular complexity index is 565. The lowest BCUT2D eigenvalue weighted by molar-refractivity contribution is -0.131. The Morgan fingerprint density at radius 1 is 1.42 bits per heavy atom. The first-order chi connectivity index (χ1) is 9.13. The lowest BCUT2D eigenvalue weighted by Gasteiger charge is -2.25. The lowest BCUT2D eigenvalue weighted by Crippen LogP contribution is -2.39. The standard InChI is InChI=1S/C14H17BrN2O2/c1-10(2)17(8-7-15)14(18)9-12-11-5-3-4-6-13(11)19-16-12/h3-6,10H,7-9H2,1-2H3. The fraction of sp³-hybridized carbons (Fsp3) is 0.429. The van der Waals surface area contributed by atoms with E-state index in [-0.39, 0.29) is 18.4 Å². The second kappa shape index (κ2) is 6.19. The Hall–Kier alpha value is -1.36. The number of hydrogen-bond acceptors (Lipinski definition) is 3. The van der Waals surface area contributed by atoms with Gasteiger partial charge in [0.2, 0.25) is 5.91 Å². The van der Waals surface area contributed by atoms with Crippen LogP contribution >= 0.6 is 15.9 Å². The van der Waals surface area contributed by atoms with Crippen molar-refractivity contribution in [2.75, 3.05) is 11.9 Å². The zero-order chi connectivity index (χ0) is 13.8. The summed E-state index contributed by atoms with van der Waals surface area (Å²) < 4.78 is 5.22. The molecule has 0 atom stereocenters. The van der Waals surface area contributed by atoms with E-state index in [1.54, 1.807) is 0 Å². The molecule has 1 aromatic heterocycles. The molecular formula is C14H17BrN2O2. The second-order valence-electron chi connectivity index (χ2n) is 4.67. The van der Waals surface area contributed by atoms with Crippen LogP contribution in [-0.2, 0) is 11.2 Å². The van der Waals surface area contributed by atoms with E-state index in [0.29, 0.717) is 12.2 Å². The van der Waals surface area contributed by atoms with Gasteiger partial charge >= 0.3 is 0 Å². The predicted molar refractivity (Wildman–Crippen MR) is 78.4 cm³/mol. The number of rotatable bonds is 5. The topological polar surface area (TPSA) is 46.3 Å². The van der Waals surface area contributed by atoms with E-state index < -0.39 is 0 Å². The first kappa shape index (κ1) is 14.1. The van der Waals surface area contributed by atoms with Gasteiger partial charge in [-0.2, -0.15) is 0 Å². The summed E-state index contributed by atoms with van der Waals surface area (Å²) in [4.78, 5) is 14.2. The Morgan fingerprint density at radius 3 is 2.84 bits per heavy atom. The summed E-state index contributed by atoms with van der Waals surface area (Å²) in [5.74, 6) is 0.0773. The Balaban J connectivity index is 2.18. The molecule has 0 aliphatic rings. The summed E-state index contributed by atoms with van der Waals surface area (Å²) in [5, 5.41) is 5.69. The van der Waals surface area contributed by atoms with Gasteiger partial charge in [0.05, 0.1) is 6.42 Å². The van der Waals surface area contributed by atoms with Crippen LogP contribution in [0.25, 0.3) is 11.0 Å².